The van der Waals surface area contributed by atoms with E-state index in [-0.39, 0.29) is 5.56 Å². The summed E-state index contributed by atoms with van der Waals surface area (Å²) < 4.78 is 0. The van der Waals surface area contributed by atoms with Crippen molar-refractivity contribution in [2.45, 2.75) is 5.97 Å². The van der Waals surface area contributed by atoms with E-state index in [4.69, 9.17) is 15.3 Å². The second-order valence-corrected chi connectivity index (χ2v) is 5.92. The highest BCUT2D eigenvalue weighted by atomic mass is 16.7. The first-order chi connectivity index (χ1) is 12.4. The van der Waals surface area contributed by atoms with Crippen LogP contribution in [0.2, 0.25) is 0 Å². The van der Waals surface area contributed by atoms with Gasteiger partial charge in [-0.25, -0.2) is 0 Å². The first kappa shape index (κ1) is 17.8. The van der Waals surface area contributed by atoms with Crippen molar-refractivity contribution in [1.82, 2.24) is 0 Å². The van der Waals surface area contributed by atoms with E-state index in [1.807, 2.05) is 72.8 Å². The molecule has 0 bridgehead atoms. The molecule has 0 saturated carbocycles. The Hall–Kier alpha value is -3.05. The zero-order chi connectivity index (χ0) is 18.6. The summed E-state index contributed by atoms with van der Waals surface area (Å²) in [6, 6.07) is 24.0. The molecule has 0 fully saturated rings. The third-order valence-corrected chi connectivity index (χ3v) is 3.90. The van der Waals surface area contributed by atoms with E-state index in [2.05, 4.69) is 0 Å². The minimum atomic E-state index is -3.39. The second-order valence-electron chi connectivity index (χ2n) is 5.92. The molecule has 0 saturated heterocycles. The fourth-order valence-electron chi connectivity index (χ4n) is 2.62. The number of carbonyl (C=O) groups is 1. The molecule has 4 heteroatoms. The van der Waals surface area contributed by atoms with Crippen LogP contribution in [-0.2, 0) is 0 Å². The van der Waals surface area contributed by atoms with Crippen LogP contribution >= 0.6 is 0 Å². The molecular weight excluding hydrogens is 328 g/mol. The number of aliphatic hydroxyl groups is 3. The fraction of sp³-hybridized carbons (Fsp3) is 0.0455. The average Bonchev–Trinajstić information content (AvgIpc) is 2.63. The summed E-state index contributed by atoms with van der Waals surface area (Å²) in [6.07, 6.45) is 3.85. The van der Waals surface area contributed by atoms with Crippen LogP contribution in [0.4, 0.5) is 0 Å². The lowest BCUT2D eigenvalue weighted by Gasteiger charge is -2.12. The smallest absolute Gasteiger partial charge is 0.337 e. The van der Waals surface area contributed by atoms with Gasteiger partial charge in [0.2, 0.25) is 0 Å². The SMILES string of the molecule is O=C(c1ccc(=Cc2ccccc2)c(=Cc2ccccc2)c1)C(O)(O)O. The third kappa shape index (κ3) is 4.32. The summed E-state index contributed by atoms with van der Waals surface area (Å²) in [5.41, 5.74) is 1.93. The lowest BCUT2D eigenvalue weighted by Crippen LogP contribution is -2.39. The number of rotatable bonds is 4. The van der Waals surface area contributed by atoms with Crippen molar-refractivity contribution < 1.29 is 20.1 Å². The van der Waals surface area contributed by atoms with E-state index in [1.165, 1.54) is 12.1 Å². The first-order valence-corrected chi connectivity index (χ1v) is 8.09. The van der Waals surface area contributed by atoms with Gasteiger partial charge in [0.25, 0.3) is 5.78 Å². The quantitative estimate of drug-likeness (QED) is 0.489. The molecule has 0 aliphatic heterocycles. The van der Waals surface area contributed by atoms with E-state index in [1.54, 1.807) is 6.07 Å². The summed E-state index contributed by atoms with van der Waals surface area (Å²) in [6.45, 7) is 0. The lowest BCUT2D eigenvalue weighted by atomic mass is 10.0. The predicted molar refractivity (Wildman–Crippen MR) is 99.4 cm³/mol. The molecular formula is C22H18O4. The molecule has 0 heterocycles. The highest BCUT2D eigenvalue weighted by molar-refractivity contribution is 6.00. The molecule has 3 aromatic rings. The number of ketones is 1. The van der Waals surface area contributed by atoms with Crippen LogP contribution in [0.3, 0.4) is 0 Å². The molecule has 3 aromatic carbocycles. The zero-order valence-electron chi connectivity index (χ0n) is 13.9. The van der Waals surface area contributed by atoms with Crippen molar-refractivity contribution in [1.29, 1.82) is 0 Å². The minimum absolute atomic E-state index is 0.00453. The minimum Gasteiger partial charge on any atom is -0.337 e. The topological polar surface area (TPSA) is 77.8 Å². The van der Waals surface area contributed by atoms with Crippen molar-refractivity contribution in [2.75, 3.05) is 0 Å². The van der Waals surface area contributed by atoms with Gasteiger partial charge in [-0.1, -0.05) is 72.8 Å². The number of carbonyl (C=O) groups excluding carboxylic acids is 1. The Labute approximate surface area is 150 Å². The Morgan fingerprint density at radius 1 is 0.692 bits per heavy atom. The van der Waals surface area contributed by atoms with Crippen molar-refractivity contribution >= 4 is 17.9 Å². The Bertz CT molecular complexity index is 1020. The van der Waals surface area contributed by atoms with Crippen molar-refractivity contribution in [3.8, 4) is 0 Å². The molecule has 0 radical (unpaired) electrons. The maximum atomic E-state index is 12.0. The molecule has 3 rings (SSSR count). The van der Waals surface area contributed by atoms with Gasteiger partial charge < -0.3 is 15.3 Å². The van der Waals surface area contributed by atoms with E-state index in [0.717, 1.165) is 21.6 Å². The van der Waals surface area contributed by atoms with Crippen LogP contribution in [0.1, 0.15) is 21.5 Å². The summed E-state index contributed by atoms with van der Waals surface area (Å²) in [5, 5.41) is 29.1. The molecule has 0 amide bonds. The van der Waals surface area contributed by atoms with Crippen LogP contribution in [-0.4, -0.2) is 27.1 Å². The molecule has 4 nitrogen and oxygen atoms in total. The van der Waals surface area contributed by atoms with Gasteiger partial charge in [-0.15, -0.1) is 0 Å². The van der Waals surface area contributed by atoms with Crippen LogP contribution in [0.5, 0.6) is 0 Å². The van der Waals surface area contributed by atoms with Gasteiger partial charge in [0, 0.05) is 5.56 Å². The van der Waals surface area contributed by atoms with Gasteiger partial charge >= 0.3 is 5.97 Å². The normalized spacial score (nSPS) is 13.0. The Balaban J connectivity index is 2.21. The number of hydrogen-bond donors (Lipinski definition) is 3. The lowest BCUT2D eigenvalue weighted by molar-refractivity contribution is -0.267. The van der Waals surface area contributed by atoms with E-state index < -0.39 is 11.8 Å². The highest BCUT2D eigenvalue weighted by Crippen LogP contribution is 2.06. The van der Waals surface area contributed by atoms with Gasteiger partial charge in [0.05, 0.1) is 0 Å². The molecule has 0 aromatic heterocycles. The third-order valence-electron chi connectivity index (χ3n) is 3.90. The molecule has 0 unspecified atom stereocenters. The molecule has 130 valence electrons. The Morgan fingerprint density at radius 3 is 1.69 bits per heavy atom. The number of hydrogen-bond acceptors (Lipinski definition) is 4. The molecule has 0 aliphatic carbocycles. The second kappa shape index (κ2) is 7.45. The Morgan fingerprint density at radius 2 is 1.19 bits per heavy atom. The molecule has 0 atom stereocenters. The van der Waals surface area contributed by atoms with Crippen molar-refractivity contribution in [2.24, 2.45) is 0 Å². The number of benzene rings is 3. The van der Waals surface area contributed by atoms with Gasteiger partial charge in [-0.05, 0) is 39.8 Å². The fourth-order valence-corrected chi connectivity index (χ4v) is 2.62. The maximum absolute atomic E-state index is 12.0. The number of Topliss-reactive ketones (excluding diaryl/α,β-unsaturated/α-hetero) is 1. The summed E-state index contributed by atoms with van der Waals surface area (Å²) in [7, 11) is 0. The van der Waals surface area contributed by atoms with Crippen LogP contribution in [0.25, 0.3) is 12.2 Å². The van der Waals surface area contributed by atoms with Gasteiger partial charge in [0.15, 0.2) is 0 Å². The summed E-state index contributed by atoms with van der Waals surface area (Å²) >= 11 is 0. The summed E-state index contributed by atoms with van der Waals surface area (Å²) in [5.74, 6) is -4.57. The van der Waals surface area contributed by atoms with Crippen molar-refractivity contribution in [3.63, 3.8) is 0 Å². The zero-order valence-corrected chi connectivity index (χ0v) is 13.9. The first-order valence-electron chi connectivity index (χ1n) is 8.09. The standard InChI is InChI=1S/C22H18O4/c23-21(22(24,25)26)19-12-11-18(13-16-7-3-1-4-8-16)20(15-19)14-17-9-5-2-6-10-17/h1-15,24-26H. The predicted octanol–water partition coefficient (Wildman–Crippen LogP) is 1.16. The summed E-state index contributed by atoms with van der Waals surface area (Å²) in [4.78, 5) is 12.0. The highest BCUT2D eigenvalue weighted by Gasteiger charge is 2.31. The maximum Gasteiger partial charge on any atom is 0.344 e. The van der Waals surface area contributed by atoms with E-state index in [9.17, 15) is 4.79 Å². The average molecular weight is 346 g/mol. The van der Waals surface area contributed by atoms with Crippen LogP contribution in [0.15, 0.2) is 78.9 Å². The molecule has 0 spiro atoms. The van der Waals surface area contributed by atoms with Gasteiger partial charge in [-0.3, -0.25) is 4.79 Å². The Kier molecular flexibility index (Phi) is 5.09. The van der Waals surface area contributed by atoms with E-state index in [0.29, 0.717) is 0 Å². The molecule has 0 aliphatic rings. The van der Waals surface area contributed by atoms with E-state index >= 15 is 0 Å². The molecule has 3 N–H and O–H groups in total. The van der Waals surface area contributed by atoms with Crippen LogP contribution < -0.4 is 10.4 Å². The largest absolute Gasteiger partial charge is 0.344 e. The van der Waals surface area contributed by atoms with Gasteiger partial charge in [-0.2, -0.15) is 0 Å². The van der Waals surface area contributed by atoms with Crippen LogP contribution in [0, 0.1) is 0 Å². The molecule has 26 heavy (non-hydrogen) atoms. The van der Waals surface area contributed by atoms with Crippen molar-refractivity contribution in [3.05, 3.63) is 106 Å². The van der Waals surface area contributed by atoms with Gasteiger partial charge in [0.1, 0.15) is 0 Å². The monoisotopic (exact) mass is 346 g/mol.